The van der Waals surface area contributed by atoms with E-state index in [0.29, 0.717) is 5.41 Å². The lowest BCUT2D eigenvalue weighted by molar-refractivity contribution is 0.0434. The van der Waals surface area contributed by atoms with Gasteiger partial charge in [-0.05, 0) is 55.8 Å². The summed E-state index contributed by atoms with van der Waals surface area (Å²) < 4.78 is 0. The van der Waals surface area contributed by atoms with E-state index >= 15 is 0 Å². The minimum Gasteiger partial charge on any atom is -0.393 e. The van der Waals surface area contributed by atoms with Crippen molar-refractivity contribution in [3.8, 4) is 0 Å². The van der Waals surface area contributed by atoms with Crippen LogP contribution in [0.3, 0.4) is 0 Å². The highest BCUT2D eigenvalue weighted by Crippen LogP contribution is 2.65. The van der Waals surface area contributed by atoms with E-state index in [1.807, 2.05) is 0 Å². The molecule has 0 saturated heterocycles. The van der Waals surface area contributed by atoms with Crippen LogP contribution in [0.4, 0.5) is 0 Å². The zero-order chi connectivity index (χ0) is 7.47. The molecule has 0 aromatic heterocycles. The van der Waals surface area contributed by atoms with E-state index in [9.17, 15) is 5.11 Å². The highest BCUT2D eigenvalue weighted by atomic mass is 16.3. The van der Waals surface area contributed by atoms with E-state index in [-0.39, 0.29) is 6.10 Å². The largest absolute Gasteiger partial charge is 0.393 e. The predicted octanol–water partition coefficient (Wildman–Crippen LogP) is 1.95. The summed E-state index contributed by atoms with van der Waals surface area (Å²) in [6.07, 6.45) is 8.00. The Balaban J connectivity index is 2.02. The SMILES string of the molecule is OC1CCC2C3CCC12CC3. The van der Waals surface area contributed by atoms with E-state index in [0.717, 1.165) is 18.3 Å². The zero-order valence-electron chi connectivity index (χ0n) is 6.92. The number of aliphatic hydroxyl groups excluding tert-OH is 1. The van der Waals surface area contributed by atoms with Gasteiger partial charge in [-0.3, -0.25) is 0 Å². The van der Waals surface area contributed by atoms with Gasteiger partial charge in [0.1, 0.15) is 0 Å². The van der Waals surface area contributed by atoms with Crippen molar-refractivity contribution in [3.63, 3.8) is 0 Å². The van der Waals surface area contributed by atoms with Crippen LogP contribution in [0, 0.1) is 17.3 Å². The number of aliphatic hydroxyl groups is 1. The molecule has 1 N–H and O–H groups in total. The van der Waals surface area contributed by atoms with Crippen LogP contribution < -0.4 is 0 Å². The maximum Gasteiger partial charge on any atom is 0.0599 e. The minimum absolute atomic E-state index is 0.0694. The van der Waals surface area contributed by atoms with Crippen molar-refractivity contribution in [2.75, 3.05) is 0 Å². The van der Waals surface area contributed by atoms with Crippen molar-refractivity contribution in [3.05, 3.63) is 0 Å². The number of rotatable bonds is 0. The average molecular weight is 152 g/mol. The van der Waals surface area contributed by atoms with Gasteiger partial charge in [-0.2, -0.15) is 0 Å². The maximum absolute atomic E-state index is 9.88. The van der Waals surface area contributed by atoms with Crippen molar-refractivity contribution in [1.29, 1.82) is 0 Å². The zero-order valence-corrected chi connectivity index (χ0v) is 6.92. The van der Waals surface area contributed by atoms with Crippen molar-refractivity contribution >= 4 is 0 Å². The Morgan fingerprint density at radius 2 is 1.73 bits per heavy atom. The fourth-order valence-electron chi connectivity index (χ4n) is 4.15. The molecule has 3 fully saturated rings. The Bertz CT molecular complexity index is 179. The van der Waals surface area contributed by atoms with Gasteiger partial charge < -0.3 is 5.11 Å². The summed E-state index contributed by atoms with van der Waals surface area (Å²) >= 11 is 0. The standard InChI is InChI=1S/C10H16O/c11-9-2-1-8-7-3-5-10(8,9)6-4-7/h7-9,11H,1-6H2. The van der Waals surface area contributed by atoms with E-state index in [2.05, 4.69) is 0 Å². The van der Waals surface area contributed by atoms with Crippen LogP contribution >= 0.6 is 0 Å². The van der Waals surface area contributed by atoms with Gasteiger partial charge in [-0.25, -0.2) is 0 Å². The second-order valence-electron chi connectivity index (χ2n) is 4.77. The highest BCUT2D eigenvalue weighted by Gasteiger charge is 2.59. The smallest absolute Gasteiger partial charge is 0.0599 e. The number of hydrogen-bond acceptors (Lipinski definition) is 1. The molecule has 2 unspecified atom stereocenters. The molecular formula is C10H16O. The van der Waals surface area contributed by atoms with Crippen LogP contribution in [0.25, 0.3) is 0 Å². The molecule has 3 aliphatic carbocycles. The third-order valence-electron chi connectivity index (χ3n) is 4.68. The molecule has 2 bridgehead atoms. The van der Waals surface area contributed by atoms with Gasteiger partial charge in [-0.1, -0.05) is 0 Å². The summed E-state index contributed by atoms with van der Waals surface area (Å²) in [7, 11) is 0. The first-order valence-electron chi connectivity index (χ1n) is 5.01. The molecule has 0 heterocycles. The van der Waals surface area contributed by atoms with Crippen LogP contribution in [0.2, 0.25) is 0 Å². The van der Waals surface area contributed by atoms with Crippen molar-refractivity contribution in [2.24, 2.45) is 17.3 Å². The minimum atomic E-state index is 0.0694. The molecule has 1 heteroatoms. The molecule has 1 nitrogen and oxygen atoms in total. The molecule has 3 saturated carbocycles. The quantitative estimate of drug-likeness (QED) is 0.562. The lowest BCUT2D eigenvalue weighted by Crippen LogP contribution is -2.29. The molecule has 0 spiro atoms. The van der Waals surface area contributed by atoms with Crippen LogP contribution in [0.1, 0.15) is 38.5 Å². The molecule has 0 amide bonds. The molecule has 0 radical (unpaired) electrons. The first-order chi connectivity index (χ1) is 5.33. The van der Waals surface area contributed by atoms with E-state index in [1.54, 1.807) is 0 Å². The van der Waals surface area contributed by atoms with Gasteiger partial charge in [0.2, 0.25) is 0 Å². The molecule has 0 aromatic carbocycles. The first kappa shape index (κ1) is 6.47. The van der Waals surface area contributed by atoms with Gasteiger partial charge in [-0.15, -0.1) is 0 Å². The third-order valence-corrected chi connectivity index (χ3v) is 4.68. The van der Waals surface area contributed by atoms with Crippen molar-refractivity contribution in [1.82, 2.24) is 0 Å². The fourth-order valence-corrected chi connectivity index (χ4v) is 4.15. The number of hydrogen-bond donors (Lipinski definition) is 1. The third kappa shape index (κ3) is 0.581. The Kier molecular flexibility index (Phi) is 1.07. The second kappa shape index (κ2) is 1.82. The topological polar surface area (TPSA) is 20.2 Å². The molecule has 62 valence electrons. The summed E-state index contributed by atoms with van der Waals surface area (Å²) in [6.45, 7) is 0. The van der Waals surface area contributed by atoms with E-state index < -0.39 is 0 Å². The molecule has 3 aliphatic rings. The highest BCUT2D eigenvalue weighted by molar-refractivity contribution is 5.09. The first-order valence-corrected chi connectivity index (χ1v) is 5.01. The summed E-state index contributed by atoms with van der Waals surface area (Å²) in [5.41, 5.74) is 0.435. The molecule has 2 atom stereocenters. The maximum atomic E-state index is 9.88. The lowest BCUT2D eigenvalue weighted by Gasteiger charge is -2.29. The van der Waals surface area contributed by atoms with Gasteiger partial charge in [0.05, 0.1) is 6.10 Å². The molecule has 0 aromatic rings. The van der Waals surface area contributed by atoms with Crippen LogP contribution in [0.15, 0.2) is 0 Å². The molecule has 11 heavy (non-hydrogen) atoms. The van der Waals surface area contributed by atoms with Gasteiger partial charge >= 0.3 is 0 Å². The fraction of sp³-hybridized carbons (Fsp3) is 1.00. The van der Waals surface area contributed by atoms with E-state index in [1.165, 1.54) is 32.1 Å². The summed E-state index contributed by atoms with van der Waals surface area (Å²) in [5, 5.41) is 9.88. The van der Waals surface area contributed by atoms with Crippen LogP contribution in [-0.4, -0.2) is 11.2 Å². The van der Waals surface area contributed by atoms with Crippen molar-refractivity contribution < 1.29 is 5.11 Å². The van der Waals surface area contributed by atoms with Crippen molar-refractivity contribution in [2.45, 2.75) is 44.6 Å². The molecule has 0 aliphatic heterocycles. The summed E-state index contributed by atoms with van der Waals surface area (Å²) in [4.78, 5) is 0. The summed E-state index contributed by atoms with van der Waals surface area (Å²) in [5.74, 6) is 1.93. The second-order valence-corrected chi connectivity index (χ2v) is 4.77. The predicted molar refractivity (Wildman–Crippen MR) is 43.1 cm³/mol. The lowest BCUT2D eigenvalue weighted by atomic mass is 9.79. The Labute approximate surface area is 67.8 Å². The van der Waals surface area contributed by atoms with Crippen LogP contribution in [0.5, 0.6) is 0 Å². The van der Waals surface area contributed by atoms with Crippen LogP contribution in [-0.2, 0) is 0 Å². The Morgan fingerprint density at radius 3 is 2.36 bits per heavy atom. The van der Waals surface area contributed by atoms with Gasteiger partial charge in [0.25, 0.3) is 0 Å². The van der Waals surface area contributed by atoms with E-state index in [4.69, 9.17) is 0 Å². The average Bonchev–Trinajstić information content (AvgIpc) is 2.61. The Hall–Kier alpha value is -0.0400. The molecular weight excluding hydrogens is 136 g/mol. The molecule has 3 rings (SSSR count). The van der Waals surface area contributed by atoms with Gasteiger partial charge in [0.15, 0.2) is 0 Å². The summed E-state index contributed by atoms with van der Waals surface area (Å²) in [6, 6.07) is 0. The monoisotopic (exact) mass is 152 g/mol. The normalized spacial score (nSPS) is 60.3. The Morgan fingerprint density at radius 1 is 1.00 bits per heavy atom. The van der Waals surface area contributed by atoms with Gasteiger partial charge in [0, 0.05) is 0 Å².